The number of ether oxygens (including phenoxy) is 1. The van der Waals surface area contributed by atoms with Crippen molar-refractivity contribution >= 4 is 16.0 Å². The van der Waals surface area contributed by atoms with Crippen molar-refractivity contribution < 1.29 is 13.2 Å². The van der Waals surface area contributed by atoms with Gasteiger partial charge in [-0.3, -0.25) is 4.68 Å². The number of aromatic nitrogens is 2. The van der Waals surface area contributed by atoms with Crippen molar-refractivity contribution in [3.8, 4) is 0 Å². The Bertz CT molecular complexity index is 951. The van der Waals surface area contributed by atoms with Gasteiger partial charge in [-0.05, 0) is 24.1 Å². The van der Waals surface area contributed by atoms with E-state index in [1.807, 2.05) is 49.0 Å². The van der Waals surface area contributed by atoms with E-state index in [-0.39, 0.29) is 5.75 Å². The van der Waals surface area contributed by atoms with Crippen LogP contribution in [0.2, 0.25) is 0 Å². The van der Waals surface area contributed by atoms with Gasteiger partial charge in [0.1, 0.15) is 0 Å². The highest BCUT2D eigenvalue weighted by atomic mass is 32.2. The second-order valence-electron chi connectivity index (χ2n) is 7.03. The van der Waals surface area contributed by atoms with Gasteiger partial charge >= 0.3 is 0 Å². The van der Waals surface area contributed by atoms with Crippen LogP contribution in [-0.2, 0) is 40.7 Å². The summed E-state index contributed by atoms with van der Waals surface area (Å²) in [7, 11) is -1.49. The van der Waals surface area contributed by atoms with Crippen LogP contribution in [0.25, 0.3) is 0 Å². The Kier molecular flexibility index (Phi) is 7.83. The highest BCUT2D eigenvalue weighted by Gasteiger charge is 2.25. The molecule has 30 heavy (non-hydrogen) atoms. The molecule has 0 unspecified atom stereocenters. The fraction of sp³-hybridized carbons (Fsp3) is 0.500. The van der Waals surface area contributed by atoms with E-state index in [1.54, 1.807) is 6.20 Å². The number of nitrogens with zero attached hydrogens (tertiary/aromatic N) is 4. The molecule has 1 aromatic heterocycles. The molecule has 1 aromatic carbocycles. The average Bonchev–Trinajstić information content (AvgIpc) is 3.16. The summed E-state index contributed by atoms with van der Waals surface area (Å²) in [4.78, 5) is 4.65. The van der Waals surface area contributed by atoms with Crippen molar-refractivity contribution in [1.29, 1.82) is 0 Å². The van der Waals surface area contributed by atoms with Crippen molar-refractivity contribution in [2.24, 2.45) is 12.0 Å². The minimum atomic E-state index is -3.39. The minimum absolute atomic E-state index is 0.0301. The van der Waals surface area contributed by atoms with Crippen LogP contribution in [0.4, 0.5) is 0 Å². The van der Waals surface area contributed by atoms with Gasteiger partial charge in [0, 0.05) is 32.9 Å². The van der Waals surface area contributed by atoms with Crippen molar-refractivity contribution in [3.05, 3.63) is 53.3 Å². The topological polar surface area (TPSA) is 101 Å². The molecule has 1 fully saturated rings. The maximum absolute atomic E-state index is 12.8. The van der Waals surface area contributed by atoms with Crippen molar-refractivity contribution in [2.45, 2.75) is 25.8 Å². The predicted molar refractivity (Wildman–Crippen MR) is 116 cm³/mol. The summed E-state index contributed by atoms with van der Waals surface area (Å²) in [6, 6.07) is 9.51. The number of sulfonamides is 1. The lowest BCUT2D eigenvalue weighted by molar-refractivity contribution is 0.0729. The maximum atomic E-state index is 12.8. The van der Waals surface area contributed by atoms with Gasteiger partial charge in [-0.25, -0.2) is 13.4 Å². The predicted octanol–water partition coefficient (Wildman–Crippen LogP) is 0.837. The number of hydrogen-bond donors (Lipinski definition) is 2. The molecule has 1 saturated heterocycles. The highest BCUT2D eigenvalue weighted by molar-refractivity contribution is 7.88. The largest absolute Gasteiger partial charge is 0.379 e. The molecule has 3 rings (SSSR count). The molecule has 0 radical (unpaired) electrons. The van der Waals surface area contributed by atoms with Crippen molar-refractivity contribution in [3.63, 3.8) is 0 Å². The van der Waals surface area contributed by atoms with E-state index in [0.717, 1.165) is 23.4 Å². The summed E-state index contributed by atoms with van der Waals surface area (Å²) in [5.74, 6) is 0.641. The van der Waals surface area contributed by atoms with Crippen molar-refractivity contribution in [1.82, 2.24) is 24.7 Å². The number of morpholine rings is 1. The van der Waals surface area contributed by atoms with E-state index in [2.05, 4.69) is 20.7 Å². The zero-order valence-corrected chi connectivity index (χ0v) is 18.4. The number of rotatable bonds is 8. The number of aryl methyl sites for hydroxylation is 1. The molecule has 2 aromatic rings. The smallest absolute Gasteiger partial charge is 0.218 e. The van der Waals surface area contributed by atoms with E-state index in [9.17, 15) is 8.42 Å². The van der Waals surface area contributed by atoms with Crippen LogP contribution in [0.1, 0.15) is 23.7 Å². The van der Waals surface area contributed by atoms with Crippen LogP contribution >= 0.6 is 0 Å². The Morgan fingerprint density at radius 2 is 1.90 bits per heavy atom. The average molecular weight is 435 g/mol. The van der Waals surface area contributed by atoms with Crippen LogP contribution in [0.3, 0.4) is 0 Å². The molecule has 2 heterocycles. The highest BCUT2D eigenvalue weighted by Crippen LogP contribution is 2.17. The monoisotopic (exact) mass is 434 g/mol. The van der Waals surface area contributed by atoms with Gasteiger partial charge in [0.15, 0.2) is 5.96 Å². The zero-order valence-electron chi connectivity index (χ0n) is 17.5. The third-order valence-electron chi connectivity index (χ3n) is 4.93. The Morgan fingerprint density at radius 1 is 1.17 bits per heavy atom. The van der Waals surface area contributed by atoms with E-state index in [4.69, 9.17) is 4.74 Å². The molecule has 2 N–H and O–H groups in total. The van der Waals surface area contributed by atoms with Gasteiger partial charge < -0.3 is 15.4 Å². The summed E-state index contributed by atoms with van der Waals surface area (Å²) in [5, 5.41) is 10.7. The molecule has 1 aliphatic rings. The van der Waals surface area contributed by atoms with Gasteiger partial charge in [0.2, 0.25) is 10.0 Å². The standard InChI is InChI=1S/C20H30N6O3S/c1-3-21-20(23-15-19-8-9-24-25(19)2)22-14-17-6-4-5-7-18(17)16-30(27,28)26-10-12-29-13-11-26/h4-9H,3,10-16H2,1-2H3,(H2,21,22,23). The van der Waals surface area contributed by atoms with Crippen LogP contribution < -0.4 is 10.6 Å². The van der Waals surface area contributed by atoms with E-state index < -0.39 is 10.0 Å². The first-order chi connectivity index (χ1) is 14.5. The van der Waals surface area contributed by atoms with Crippen LogP contribution in [0, 0.1) is 0 Å². The summed E-state index contributed by atoms with van der Waals surface area (Å²) >= 11 is 0. The summed E-state index contributed by atoms with van der Waals surface area (Å²) < 4.78 is 34.2. The van der Waals surface area contributed by atoms with Crippen LogP contribution in [0.5, 0.6) is 0 Å². The molecule has 0 aliphatic carbocycles. The molecule has 0 saturated carbocycles. The number of guanidine groups is 1. The zero-order chi connectivity index (χ0) is 21.4. The first kappa shape index (κ1) is 22.3. The molecule has 1 aliphatic heterocycles. The Hall–Kier alpha value is -2.43. The third-order valence-corrected chi connectivity index (χ3v) is 6.76. The number of nitrogens with one attached hydrogen (secondary N) is 2. The molecule has 0 bridgehead atoms. The normalized spacial score (nSPS) is 15.9. The van der Waals surface area contributed by atoms with Crippen molar-refractivity contribution in [2.75, 3.05) is 32.8 Å². The molecule has 164 valence electrons. The fourth-order valence-corrected chi connectivity index (χ4v) is 4.78. The summed E-state index contributed by atoms with van der Waals surface area (Å²) in [6.07, 6.45) is 1.76. The van der Waals surface area contributed by atoms with E-state index in [1.165, 1.54) is 4.31 Å². The Labute approximate surface area is 178 Å². The van der Waals surface area contributed by atoms with Gasteiger partial charge in [-0.1, -0.05) is 24.3 Å². The molecule has 0 spiro atoms. The lowest BCUT2D eigenvalue weighted by Crippen LogP contribution is -2.41. The number of benzene rings is 1. The summed E-state index contributed by atoms with van der Waals surface area (Å²) in [5.41, 5.74) is 2.71. The third kappa shape index (κ3) is 6.04. The van der Waals surface area contributed by atoms with E-state index in [0.29, 0.717) is 45.4 Å². The minimum Gasteiger partial charge on any atom is -0.379 e. The maximum Gasteiger partial charge on any atom is 0.218 e. The molecule has 9 nitrogen and oxygen atoms in total. The van der Waals surface area contributed by atoms with E-state index >= 15 is 0 Å². The molecule has 10 heteroatoms. The molecule has 0 atom stereocenters. The quantitative estimate of drug-likeness (QED) is 0.472. The van der Waals surface area contributed by atoms with Crippen LogP contribution in [-0.4, -0.2) is 61.3 Å². The lowest BCUT2D eigenvalue weighted by atomic mass is 10.1. The number of aliphatic imine (C=N–C) groups is 1. The van der Waals surface area contributed by atoms with Crippen LogP contribution in [0.15, 0.2) is 41.5 Å². The fourth-order valence-electron chi connectivity index (χ4n) is 3.22. The Balaban J connectivity index is 1.69. The van der Waals surface area contributed by atoms with Gasteiger partial charge in [0.25, 0.3) is 0 Å². The van der Waals surface area contributed by atoms with Gasteiger partial charge in [0.05, 0.1) is 37.8 Å². The number of hydrogen-bond acceptors (Lipinski definition) is 5. The SMILES string of the molecule is CCNC(=NCc1ccccc1CS(=O)(=O)N1CCOCC1)NCc1ccnn1C. The second-order valence-corrected chi connectivity index (χ2v) is 9.00. The molecular formula is C20H30N6O3S. The molecule has 0 amide bonds. The second kappa shape index (κ2) is 10.6. The van der Waals surface area contributed by atoms with Gasteiger partial charge in [-0.15, -0.1) is 0 Å². The lowest BCUT2D eigenvalue weighted by Gasteiger charge is -2.26. The van der Waals surface area contributed by atoms with Gasteiger partial charge in [-0.2, -0.15) is 9.40 Å². The Morgan fingerprint density at radius 3 is 2.57 bits per heavy atom. The molecular weight excluding hydrogens is 404 g/mol. The summed E-state index contributed by atoms with van der Waals surface area (Å²) in [6.45, 7) is 5.41. The first-order valence-electron chi connectivity index (χ1n) is 10.1. The first-order valence-corrected chi connectivity index (χ1v) is 11.7.